The Morgan fingerprint density at radius 1 is 1.53 bits per heavy atom. The van der Waals surface area contributed by atoms with E-state index < -0.39 is 5.82 Å². The van der Waals surface area contributed by atoms with Gasteiger partial charge in [-0.2, -0.15) is 5.26 Å². The maximum atomic E-state index is 13.1. The van der Waals surface area contributed by atoms with Gasteiger partial charge in [0.25, 0.3) is 0 Å². The average Bonchev–Trinajstić information content (AvgIpc) is 2.39. The van der Waals surface area contributed by atoms with E-state index >= 15 is 0 Å². The van der Waals surface area contributed by atoms with Crippen LogP contribution in [0.15, 0.2) is 18.2 Å². The Bertz CT molecular complexity index is 482. The molecule has 1 amide bonds. The molecule has 0 heterocycles. The average molecular weight is 263 g/mol. The molecule has 4 nitrogen and oxygen atoms in total. The van der Waals surface area contributed by atoms with Crippen LogP contribution in [-0.2, 0) is 4.79 Å². The van der Waals surface area contributed by atoms with Gasteiger partial charge in [0, 0.05) is 12.1 Å². The third-order valence-electron chi connectivity index (χ3n) is 2.89. The quantitative estimate of drug-likeness (QED) is 0.827. The number of carbonyl (C=O) groups is 1. The Morgan fingerprint density at radius 2 is 2.26 bits per heavy atom. The first kappa shape index (κ1) is 15.1. The Labute approximate surface area is 112 Å². The van der Waals surface area contributed by atoms with Gasteiger partial charge in [-0.3, -0.25) is 4.79 Å². The number of benzene rings is 1. The Kier molecular flexibility index (Phi) is 5.97. The third kappa shape index (κ3) is 5.06. The lowest BCUT2D eigenvalue weighted by Gasteiger charge is -2.10. The summed E-state index contributed by atoms with van der Waals surface area (Å²) in [6.45, 7) is 2.66. The molecule has 1 rings (SSSR count). The number of rotatable bonds is 6. The zero-order valence-corrected chi connectivity index (χ0v) is 10.9. The Morgan fingerprint density at radius 3 is 2.89 bits per heavy atom. The molecule has 3 N–H and O–H groups in total. The number of hydrogen-bond acceptors (Lipinski definition) is 3. The van der Waals surface area contributed by atoms with Gasteiger partial charge in [0.15, 0.2) is 0 Å². The molecule has 0 aliphatic carbocycles. The summed E-state index contributed by atoms with van der Waals surface area (Å²) in [6, 6.07) is 5.68. The summed E-state index contributed by atoms with van der Waals surface area (Å²) in [5.74, 6) is -0.324. The number of anilines is 1. The fourth-order valence-electron chi connectivity index (χ4n) is 1.72. The van der Waals surface area contributed by atoms with Crippen LogP contribution in [0.3, 0.4) is 0 Å². The monoisotopic (exact) mass is 263 g/mol. The lowest BCUT2D eigenvalue weighted by molar-refractivity contribution is -0.116. The fourth-order valence-corrected chi connectivity index (χ4v) is 1.72. The summed E-state index contributed by atoms with van der Waals surface area (Å²) in [6.07, 6.45) is 2.04. The second-order valence-corrected chi connectivity index (χ2v) is 4.58. The van der Waals surface area contributed by atoms with Gasteiger partial charge >= 0.3 is 0 Å². The van der Waals surface area contributed by atoms with Crippen molar-refractivity contribution in [3.05, 3.63) is 29.6 Å². The van der Waals surface area contributed by atoms with Crippen LogP contribution >= 0.6 is 0 Å². The summed E-state index contributed by atoms with van der Waals surface area (Å²) >= 11 is 0. The van der Waals surface area contributed by atoms with Gasteiger partial charge in [0.05, 0.1) is 5.56 Å². The highest BCUT2D eigenvalue weighted by Gasteiger charge is 2.08. The van der Waals surface area contributed by atoms with Crippen molar-refractivity contribution < 1.29 is 9.18 Å². The highest BCUT2D eigenvalue weighted by atomic mass is 19.1. The van der Waals surface area contributed by atoms with E-state index in [4.69, 9.17) is 11.0 Å². The number of carbonyl (C=O) groups excluding carboxylic acids is 1. The van der Waals surface area contributed by atoms with E-state index in [1.54, 1.807) is 6.07 Å². The number of halogens is 1. The molecule has 0 aliphatic heterocycles. The van der Waals surface area contributed by atoms with E-state index in [9.17, 15) is 9.18 Å². The van der Waals surface area contributed by atoms with Crippen LogP contribution in [0.2, 0.25) is 0 Å². The summed E-state index contributed by atoms with van der Waals surface area (Å²) in [7, 11) is 0. The number of nitrogens with one attached hydrogen (secondary N) is 1. The molecule has 0 bridgehead atoms. The minimum absolute atomic E-state index is 0.0747. The molecule has 1 aromatic carbocycles. The zero-order valence-electron chi connectivity index (χ0n) is 10.9. The highest BCUT2D eigenvalue weighted by molar-refractivity contribution is 5.90. The van der Waals surface area contributed by atoms with E-state index in [0.717, 1.165) is 12.8 Å². The molecule has 0 aliphatic rings. The van der Waals surface area contributed by atoms with Crippen molar-refractivity contribution in [2.45, 2.75) is 26.2 Å². The van der Waals surface area contributed by atoms with Crippen molar-refractivity contribution in [2.24, 2.45) is 11.7 Å². The number of hydrogen-bond donors (Lipinski definition) is 2. The summed E-state index contributed by atoms with van der Waals surface area (Å²) in [5.41, 5.74) is 5.80. The predicted molar refractivity (Wildman–Crippen MR) is 71.8 cm³/mol. The van der Waals surface area contributed by atoms with E-state index in [1.807, 2.05) is 6.92 Å². The lowest BCUT2D eigenvalue weighted by atomic mass is 10.0. The maximum absolute atomic E-state index is 13.1. The molecular weight excluding hydrogens is 245 g/mol. The van der Waals surface area contributed by atoms with Gasteiger partial charge in [0.2, 0.25) is 5.91 Å². The fraction of sp³-hybridized carbons (Fsp3) is 0.429. The second kappa shape index (κ2) is 7.49. The molecular formula is C14H18FN3O. The summed E-state index contributed by atoms with van der Waals surface area (Å²) in [4.78, 5) is 11.7. The first-order valence-corrected chi connectivity index (χ1v) is 6.26. The van der Waals surface area contributed by atoms with Crippen molar-refractivity contribution in [1.29, 1.82) is 5.26 Å². The van der Waals surface area contributed by atoms with E-state index in [1.165, 1.54) is 18.2 Å². The van der Waals surface area contributed by atoms with Gasteiger partial charge in [-0.1, -0.05) is 6.92 Å². The molecule has 0 fully saturated rings. The first-order valence-electron chi connectivity index (χ1n) is 6.26. The molecule has 0 spiro atoms. The first-order chi connectivity index (χ1) is 9.06. The van der Waals surface area contributed by atoms with E-state index in [-0.39, 0.29) is 11.5 Å². The summed E-state index contributed by atoms with van der Waals surface area (Å²) < 4.78 is 13.1. The third-order valence-corrected chi connectivity index (χ3v) is 2.89. The van der Waals surface area contributed by atoms with Gasteiger partial charge in [-0.25, -0.2) is 4.39 Å². The molecule has 0 aromatic heterocycles. The normalized spacial score (nSPS) is 11.7. The molecule has 1 unspecified atom stereocenters. The standard InChI is InChI=1S/C14H18FN3O/c1-10(6-7-16)2-5-14(19)18-12-3-4-13(15)11(8-12)9-17/h3-4,8,10H,2,5-7,16H2,1H3,(H,18,19). The number of nitrogens with zero attached hydrogens (tertiary/aromatic N) is 1. The molecule has 0 saturated heterocycles. The topological polar surface area (TPSA) is 78.9 Å². The van der Waals surface area contributed by atoms with Gasteiger partial charge in [-0.15, -0.1) is 0 Å². The number of nitriles is 1. The van der Waals surface area contributed by atoms with Crippen molar-refractivity contribution in [1.82, 2.24) is 0 Å². The van der Waals surface area contributed by atoms with E-state index in [0.29, 0.717) is 24.6 Å². The molecule has 1 aromatic rings. The van der Waals surface area contributed by atoms with Gasteiger partial charge < -0.3 is 11.1 Å². The molecule has 0 radical (unpaired) electrons. The van der Waals surface area contributed by atoms with Gasteiger partial charge in [0.1, 0.15) is 11.9 Å². The Balaban J connectivity index is 2.51. The maximum Gasteiger partial charge on any atom is 0.224 e. The molecule has 0 saturated carbocycles. The van der Waals surface area contributed by atoms with Crippen LogP contribution in [0, 0.1) is 23.1 Å². The predicted octanol–water partition coefficient (Wildman–Crippen LogP) is 2.40. The van der Waals surface area contributed by atoms with Crippen molar-refractivity contribution >= 4 is 11.6 Å². The lowest BCUT2D eigenvalue weighted by Crippen LogP contribution is -2.14. The largest absolute Gasteiger partial charge is 0.330 e. The minimum Gasteiger partial charge on any atom is -0.330 e. The minimum atomic E-state index is -0.586. The van der Waals surface area contributed by atoms with Crippen molar-refractivity contribution in [3.8, 4) is 6.07 Å². The van der Waals surface area contributed by atoms with Crippen LogP contribution in [0.1, 0.15) is 31.7 Å². The van der Waals surface area contributed by atoms with Crippen molar-refractivity contribution in [2.75, 3.05) is 11.9 Å². The smallest absolute Gasteiger partial charge is 0.224 e. The number of amides is 1. The van der Waals surface area contributed by atoms with Crippen LogP contribution in [0.4, 0.5) is 10.1 Å². The summed E-state index contributed by atoms with van der Waals surface area (Å²) in [5, 5.41) is 11.4. The van der Waals surface area contributed by atoms with E-state index in [2.05, 4.69) is 5.32 Å². The van der Waals surface area contributed by atoms with Gasteiger partial charge in [-0.05, 0) is 43.5 Å². The second-order valence-electron chi connectivity index (χ2n) is 4.58. The SMILES string of the molecule is CC(CCN)CCC(=O)Nc1ccc(F)c(C#N)c1. The van der Waals surface area contributed by atoms with Crippen molar-refractivity contribution in [3.63, 3.8) is 0 Å². The van der Waals surface area contributed by atoms with Crippen LogP contribution in [0.25, 0.3) is 0 Å². The molecule has 5 heteroatoms. The van der Waals surface area contributed by atoms with Crippen LogP contribution < -0.4 is 11.1 Å². The highest BCUT2D eigenvalue weighted by Crippen LogP contribution is 2.15. The number of nitrogens with two attached hydrogens (primary N) is 1. The van der Waals surface area contributed by atoms with Crippen LogP contribution in [0.5, 0.6) is 0 Å². The molecule has 1 atom stereocenters. The zero-order chi connectivity index (χ0) is 14.3. The molecule has 19 heavy (non-hydrogen) atoms. The van der Waals surface area contributed by atoms with Crippen LogP contribution in [-0.4, -0.2) is 12.5 Å². The molecule has 102 valence electrons. The Hall–Kier alpha value is -1.93.